The monoisotopic (exact) mass is 324 g/mol. The van der Waals surface area contributed by atoms with Gasteiger partial charge in [0.1, 0.15) is 0 Å². The maximum Gasteiger partial charge on any atom is 0.235 e. The number of benzene rings is 2. The number of nitrogens with one attached hydrogen (secondary N) is 1. The number of hydrogen-bond donors (Lipinski definition) is 1. The van der Waals surface area contributed by atoms with Crippen LogP contribution in [0, 0.1) is 0 Å². The molecule has 0 radical (unpaired) electrons. The summed E-state index contributed by atoms with van der Waals surface area (Å²) >= 11 is 0. The molecule has 0 aliphatic rings. The van der Waals surface area contributed by atoms with Gasteiger partial charge in [0.15, 0.2) is 0 Å². The zero-order valence-electron chi connectivity index (χ0n) is 15.0. The molecule has 1 N–H and O–H groups in total. The Kier molecular flexibility index (Phi) is 6.56. The summed E-state index contributed by atoms with van der Waals surface area (Å²) in [4.78, 5) is 15.4. The summed E-state index contributed by atoms with van der Waals surface area (Å²) < 4.78 is 0. The molecule has 0 unspecified atom stereocenters. The van der Waals surface area contributed by atoms with Gasteiger partial charge in [-0.1, -0.05) is 74.0 Å². The third-order valence-corrected chi connectivity index (χ3v) is 4.39. The van der Waals surface area contributed by atoms with Crippen molar-refractivity contribution in [2.75, 3.05) is 27.2 Å². The second-order valence-electron chi connectivity index (χ2n) is 6.45. The van der Waals surface area contributed by atoms with Crippen LogP contribution in [-0.2, 0) is 10.2 Å². The van der Waals surface area contributed by atoms with Gasteiger partial charge < -0.3 is 10.2 Å². The lowest BCUT2D eigenvalue weighted by Gasteiger charge is -2.34. The molecule has 2 rings (SSSR count). The van der Waals surface area contributed by atoms with Crippen molar-refractivity contribution in [1.82, 2.24) is 10.2 Å². The number of carbonyl (C=O) groups is 1. The Labute approximate surface area is 145 Å². The minimum atomic E-state index is -0.635. The maximum absolute atomic E-state index is 13.3. The third-order valence-electron chi connectivity index (χ3n) is 4.39. The van der Waals surface area contributed by atoms with Gasteiger partial charge >= 0.3 is 0 Å². The molecule has 0 atom stereocenters. The van der Waals surface area contributed by atoms with Gasteiger partial charge in [0, 0.05) is 13.1 Å². The van der Waals surface area contributed by atoms with Gasteiger partial charge in [0.25, 0.3) is 0 Å². The van der Waals surface area contributed by atoms with Gasteiger partial charge in [-0.2, -0.15) is 0 Å². The highest BCUT2D eigenvalue weighted by Gasteiger charge is 2.40. The molecule has 3 nitrogen and oxygen atoms in total. The second-order valence-corrected chi connectivity index (χ2v) is 6.45. The van der Waals surface area contributed by atoms with E-state index in [1.54, 1.807) is 0 Å². The topological polar surface area (TPSA) is 32.3 Å². The molecule has 24 heavy (non-hydrogen) atoms. The van der Waals surface area contributed by atoms with Gasteiger partial charge in [-0.3, -0.25) is 4.79 Å². The molecule has 0 heterocycles. The molecule has 0 fully saturated rings. The summed E-state index contributed by atoms with van der Waals surface area (Å²) in [6, 6.07) is 20.3. The average Bonchev–Trinajstić information content (AvgIpc) is 2.60. The Hall–Kier alpha value is -2.13. The van der Waals surface area contributed by atoms with Gasteiger partial charge in [-0.25, -0.2) is 0 Å². The van der Waals surface area contributed by atoms with Crippen LogP contribution in [0.5, 0.6) is 0 Å². The van der Waals surface area contributed by atoms with Crippen LogP contribution >= 0.6 is 0 Å². The first kappa shape index (κ1) is 18.2. The van der Waals surface area contributed by atoms with Crippen LogP contribution in [0.1, 0.15) is 30.9 Å². The summed E-state index contributed by atoms with van der Waals surface area (Å²) in [5.74, 6) is 0.0867. The zero-order valence-corrected chi connectivity index (χ0v) is 15.0. The van der Waals surface area contributed by atoms with E-state index >= 15 is 0 Å². The fraction of sp³-hybridized carbons (Fsp3) is 0.381. The van der Waals surface area contributed by atoms with Crippen molar-refractivity contribution >= 4 is 5.91 Å². The van der Waals surface area contributed by atoms with E-state index in [1.165, 1.54) is 0 Å². The molecular formula is C21H28N2O. The van der Waals surface area contributed by atoms with E-state index in [9.17, 15) is 4.79 Å². The lowest BCUT2D eigenvalue weighted by Crippen LogP contribution is -2.47. The highest BCUT2D eigenvalue weighted by atomic mass is 16.2. The predicted octanol–water partition coefficient (Wildman–Crippen LogP) is 3.45. The van der Waals surface area contributed by atoms with Crippen LogP contribution in [-0.4, -0.2) is 38.0 Å². The van der Waals surface area contributed by atoms with Crippen LogP contribution in [0.2, 0.25) is 0 Å². The summed E-state index contributed by atoms with van der Waals surface area (Å²) in [5, 5.41) is 3.16. The first-order valence-corrected chi connectivity index (χ1v) is 8.65. The quantitative estimate of drug-likeness (QED) is 0.806. The van der Waals surface area contributed by atoms with Crippen molar-refractivity contribution in [3.05, 3.63) is 71.8 Å². The molecule has 128 valence electrons. The maximum atomic E-state index is 13.3. The van der Waals surface area contributed by atoms with Gasteiger partial charge in [-0.05, 0) is 31.6 Å². The standard InChI is InChI=1S/C21H28N2O/c1-4-15-21(18-11-7-5-8-12-18,19-13-9-6-10-14-19)20(24)22-16-17-23(2)3/h5-14H,4,15-17H2,1-3H3,(H,22,24). The Balaban J connectivity index is 2.44. The Morgan fingerprint density at radius 3 is 1.88 bits per heavy atom. The first-order valence-electron chi connectivity index (χ1n) is 8.65. The number of amides is 1. The summed E-state index contributed by atoms with van der Waals surface area (Å²) in [7, 11) is 4.03. The molecule has 0 bridgehead atoms. The molecule has 0 aromatic heterocycles. The smallest absolute Gasteiger partial charge is 0.235 e. The van der Waals surface area contributed by atoms with E-state index < -0.39 is 5.41 Å². The lowest BCUT2D eigenvalue weighted by atomic mass is 9.70. The van der Waals surface area contributed by atoms with Crippen molar-refractivity contribution in [3.63, 3.8) is 0 Å². The summed E-state index contributed by atoms with van der Waals surface area (Å²) in [6.07, 6.45) is 1.72. The SMILES string of the molecule is CCCC(C(=O)NCCN(C)C)(c1ccccc1)c1ccccc1. The number of hydrogen-bond acceptors (Lipinski definition) is 2. The molecule has 0 saturated heterocycles. The highest BCUT2D eigenvalue weighted by molar-refractivity contribution is 5.92. The molecule has 2 aromatic carbocycles. The van der Waals surface area contributed by atoms with Crippen molar-refractivity contribution in [2.24, 2.45) is 0 Å². The van der Waals surface area contributed by atoms with Crippen molar-refractivity contribution < 1.29 is 4.79 Å². The number of likely N-dealkylation sites (N-methyl/N-ethyl adjacent to an activating group) is 1. The Bertz CT molecular complexity index is 583. The van der Waals surface area contributed by atoms with Crippen LogP contribution in [0.25, 0.3) is 0 Å². The summed E-state index contributed by atoms with van der Waals surface area (Å²) in [6.45, 7) is 3.61. The Morgan fingerprint density at radius 1 is 0.958 bits per heavy atom. The van der Waals surface area contributed by atoms with Crippen molar-refractivity contribution in [3.8, 4) is 0 Å². The molecule has 1 amide bonds. The fourth-order valence-electron chi connectivity index (χ4n) is 3.20. The zero-order chi connectivity index (χ0) is 17.4. The fourth-order valence-corrected chi connectivity index (χ4v) is 3.20. The van der Waals surface area contributed by atoms with Crippen molar-refractivity contribution in [1.29, 1.82) is 0 Å². The normalized spacial score (nSPS) is 11.5. The predicted molar refractivity (Wildman–Crippen MR) is 100 cm³/mol. The molecule has 0 saturated carbocycles. The van der Waals surface area contributed by atoms with Crippen LogP contribution in [0.15, 0.2) is 60.7 Å². The van der Waals surface area contributed by atoms with E-state index in [4.69, 9.17) is 0 Å². The molecule has 0 aliphatic carbocycles. The van der Waals surface area contributed by atoms with E-state index in [2.05, 4.69) is 41.4 Å². The number of nitrogens with zero attached hydrogens (tertiary/aromatic N) is 1. The van der Waals surface area contributed by atoms with Crippen molar-refractivity contribution in [2.45, 2.75) is 25.2 Å². The van der Waals surface area contributed by atoms with E-state index in [-0.39, 0.29) is 5.91 Å². The minimum Gasteiger partial charge on any atom is -0.354 e. The summed E-state index contributed by atoms with van der Waals surface area (Å²) in [5.41, 5.74) is 1.48. The first-order chi connectivity index (χ1) is 11.6. The van der Waals surface area contributed by atoms with E-state index in [0.717, 1.165) is 30.5 Å². The third kappa shape index (κ3) is 4.04. The van der Waals surface area contributed by atoms with Gasteiger partial charge in [0.2, 0.25) is 5.91 Å². The van der Waals surface area contributed by atoms with Gasteiger partial charge in [0.05, 0.1) is 5.41 Å². The Morgan fingerprint density at radius 2 is 1.46 bits per heavy atom. The van der Waals surface area contributed by atoms with Gasteiger partial charge in [-0.15, -0.1) is 0 Å². The second kappa shape index (κ2) is 8.65. The van der Waals surface area contributed by atoms with Crippen LogP contribution < -0.4 is 5.32 Å². The van der Waals surface area contributed by atoms with Crippen LogP contribution in [0.3, 0.4) is 0 Å². The van der Waals surface area contributed by atoms with E-state index in [0.29, 0.717) is 6.54 Å². The highest BCUT2D eigenvalue weighted by Crippen LogP contribution is 2.37. The largest absolute Gasteiger partial charge is 0.354 e. The molecule has 0 spiro atoms. The van der Waals surface area contributed by atoms with Crippen LogP contribution in [0.4, 0.5) is 0 Å². The van der Waals surface area contributed by atoms with E-state index in [1.807, 2.05) is 50.5 Å². The molecule has 2 aromatic rings. The average molecular weight is 324 g/mol. The minimum absolute atomic E-state index is 0.0867. The lowest BCUT2D eigenvalue weighted by molar-refractivity contribution is -0.125. The molecule has 0 aliphatic heterocycles. The number of rotatable bonds is 8. The number of carbonyl (C=O) groups excluding carboxylic acids is 1. The molecule has 3 heteroatoms. The molecular weight excluding hydrogens is 296 g/mol.